The van der Waals surface area contributed by atoms with Crippen molar-refractivity contribution in [3.63, 3.8) is 0 Å². The molecule has 0 spiro atoms. The predicted molar refractivity (Wildman–Crippen MR) is 151 cm³/mol. The number of carbonyl (C=O) groups excluding carboxylic acids is 3. The second kappa shape index (κ2) is 13.4. The molecule has 210 valence electrons. The Morgan fingerprint density at radius 1 is 1.12 bits per heavy atom. The van der Waals surface area contributed by atoms with Crippen LogP contribution in [0, 0.1) is 5.92 Å². The number of nitrogens with zero attached hydrogens (tertiary/aromatic N) is 2. The van der Waals surface area contributed by atoms with E-state index in [4.69, 9.17) is 21.1 Å². The van der Waals surface area contributed by atoms with Crippen LogP contribution in [0.2, 0.25) is 5.02 Å². The van der Waals surface area contributed by atoms with Crippen molar-refractivity contribution in [2.45, 2.75) is 38.8 Å². The van der Waals surface area contributed by atoms with Gasteiger partial charge in [0.05, 0.1) is 23.6 Å². The number of nitrogens with one attached hydrogen (secondary N) is 2. The number of amides is 2. The summed E-state index contributed by atoms with van der Waals surface area (Å²) in [6.07, 6.45) is 9.08. The molecule has 2 amide bonds. The molecule has 0 unspecified atom stereocenters. The number of carbonyl (C=O) groups is 3. The third kappa shape index (κ3) is 8.27. The first kappa shape index (κ1) is 29.0. The normalized spacial score (nSPS) is 14.3. The van der Waals surface area contributed by atoms with Gasteiger partial charge in [0, 0.05) is 30.1 Å². The summed E-state index contributed by atoms with van der Waals surface area (Å²) in [4.78, 5) is 45.7. The van der Waals surface area contributed by atoms with E-state index < -0.39 is 17.9 Å². The van der Waals surface area contributed by atoms with E-state index in [2.05, 4.69) is 25.3 Å². The van der Waals surface area contributed by atoms with E-state index in [0.29, 0.717) is 34.2 Å². The minimum atomic E-state index is -0.853. The van der Waals surface area contributed by atoms with Crippen molar-refractivity contribution < 1.29 is 28.6 Å². The molecular weight excluding hydrogens is 556 g/mol. The minimum Gasteiger partial charge on any atom is -0.493 e. The van der Waals surface area contributed by atoms with Crippen LogP contribution in [-0.4, -0.2) is 53.6 Å². The fourth-order valence-corrected chi connectivity index (χ4v) is 4.32. The Labute approximate surface area is 240 Å². The van der Waals surface area contributed by atoms with Crippen LogP contribution in [0.4, 0.5) is 0 Å². The summed E-state index contributed by atoms with van der Waals surface area (Å²) in [5.74, 6) is 0.275. The van der Waals surface area contributed by atoms with E-state index in [1.165, 1.54) is 56.5 Å². The second-order valence-corrected chi connectivity index (χ2v) is 10.7. The maximum Gasteiger partial charge on any atom is 0.328 e. The summed E-state index contributed by atoms with van der Waals surface area (Å²) in [6.45, 7) is 4.01. The number of benzene rings is 1. The lowest BCUT2D eigenvalue weighted by molar-refractivity contribution is -0.142. The highest BCUT2D eigenvalue weighted by atomic mass is 35.5. The molecule has 1 aliphatic carbocycles. The predicted octanol–water partition coefficient (Wildman–Crippen LogP) is 4.90. The molecule has 0 bridgehead atoms. The summed E-state index contributed by atoms with van der Waals surface area (Å²) in [6, 6.07) is 6.98. The summed E-state index contributed by atoms with van der Waals surface area (Å²) < 4.78 is 16.2. The molecule has 1 fully saturated rings. The molecule has 2 aromatic heterocycles. The van der Waals surface area contributed by atoms with Crippen LogP contribution in [0.1, 0.15) is 52.4 Å². The number of hydrogen-bond donors (Lipinski definition) is 2. The van der Waals surface area contributed by atoms with Gasteiger partial charge in [-0.2, -0.15) is 0 Å². The van der Waals surface area contributed by atoms with Gasteiger partial charge in [-0.3, -0.25) is 14.6 Å². The highest BCUT2D eigenvalue weighted by molar-refractivity contribution is 7.14. The molecule has 10 nitrogen and oxygen atoms in total. The van der Waals surface area contributed by atoms with E-state index in [9.17, 15) is 14.4 Å². The van der Waals surface area contributed by atoms with Gasteiger partial charge < -0.3 is 24.8 Å². The van der Waals surface area contributed by atoms with Gasteiger partial charge in [-0.25, -0.2) is 9.78 Å². The fourth-order valence-electron chi connectivity index (χ4n) is 3.42. The van der Waals surface area contributed by atoms with Crippen molar-refractivity contribution in [2.24, 2.45) is 5.92 Å². The second-order valence-electron chi connectivity index (χ2n) is 9.25. The standard InChI is InChI=1S/C28H29ClN4O6S/c1-16(32-25(34)19-10-11-30-23(12-19)26(35)33-17(2)27(36)37-3)4-8-21-14-31-28(40-21)39-24-9-7-20(13-22(24)29)38-15-18-5-6-18/h4,7-14,16-18H,5-6,15H2,1-3H3,(H,32,34)(H,33,35)/b8-4+/t16-,17-/m0/s1. The number of methoxy groups -OCH3 is 1. The summed E-state index contributed by atoms with van der Waals surface area (Å²) >= 11 is 7.68. The van der Waals surface area contributed by atoms with Crippen LogP contribution in [0.15, 0.2) is 48.8 Å². The number of hydrogen-bond acceptors (Lipinski definition) is 9. The first-order chi connectivity index (χ1) is 19.2. The number of esters is 1. The van der Waals surface area contributed by atoms with Crippen molar-refractivity contribution in [3.8, 4) is 16.7 Å². The number of pyridine rings is 1. The van der Waals surface area contributed by atoms with Crippen LogP contribution in [0.5, 0.6) is 16.7 Å². The number of ether oxygens (including phenoxy) is 3. The number of aromatic nitrogens is 2. The maximum absolute atomic E-state index is 12.7. The molecule has 0 saturated heterocycles. The zero-order valence-corrected chi connectivity index (χ0v) is 23.8. The Morgan fingerprint density at radius 3 is 2.65 bits per heavy atom. The molecule has 1 aliphatic rings. The summed E-state index contributed by atoms with van der Waals surface area (Å²) in [5.41, 5.74) is 0.254. The van der Waals surface area contributed by atoms with Gasteiger partial charge in [0.15, 0.2) is 0 Å². The summed E-state index contributed by atoms with van der Waals surface area (Å²) in [5, 5.41) is 6.19. The third-order valence-corrected chi connectivity index (χ3v) is 6.99. The Bertz CT molecular complexity index is 1410. The van der Waals surface area contributed by atoms with Gasteiger partial charge in [-0.1, -0.05) is 29.0 Å². The molecule has 1 aromatic carbocycles. The smallest absolute Gasteiger partial charge is 0.328 e. The molecule has 0 radical (unpaired) electrons. The quantitative estimate of drug-likeness (QED) is 0.288. The van der Waals surface area contributed by atoms with E-state index in [1.54, 1.807) is 24.4 Å². The molecular formula is C28H29ClN4O6S. The molecule has 2 heterocycles. The fraction of sp³-hybridized carbons (Fsp3) is 0.321. The van der Waals surface area contributed by atoms with Crippen LogP contribution in [0.3, 0.4) is 0 Å². The van der Waals surface area contributed by atoms with Gasteiger partial charge in [0.2, 0.25) is 0 Å². The van der Waals surface area contributed by atoms with Gasteiger partial charge in [-0.05, 0) is 62.9 Å². The van der Waals surface area contributed by atoms with Crippen LogP contribution in [0.25, 0.3) is 6.08 Å². The van der Waals surface area contributed by atoms with Crippen molar-refractivity contribution in [2.75, 3.05) is 13.7 Å². The number of thiazole rings is 1. The largest absolute Gasteiger partial charge is 0.493 e. The average molecular weight is 585 g/mol. The molecule has 2 N–H and O–H groups in total. The first-order valence-electron chi connectivity index (χ1n) is 12.6. The summed E-state index contributed by atoms with van der Waals surface area (Å²) in [7, 11) is 1.23. The highest BCUT2D eigenvalue weighted by Crippen LogP contribution is 2.35. The third-order valence-electron chi connectivity index (χ3n) is 5.85. The van der Waals surface area contributed by atoms with Crippen LogP contribution in [-0.2, 0) is 9.53 Å². The van der Waals surface area contributed by atoms with Gasteiger partial charge in [-0.15, -0.1) is 0 Å². The monoisotopic (exact) mass is 584 g/mol. The Morgan fingerprint density at radius 2 is 1.93 bits per heavy atom. The van der Waals surface area contributed by atoms with Crippen molar-refractivity contribution >= 4 is 46.8 Å². The van der Waals surface area contributed by atoms with Gasteiger partial charge >= 0.3 is 5.97 Å². The van der Waals surface area contributed by atoms with E-state index >= 15 is 0 Å². The van der Waals surface area contributed by atoms with Gasteiger partial charge in [0.1, 0.15) is 23.2 Å². The van der Waals surface area contributed by atoms with Gasteiger partial charge in [0.25, 0.3) is 17.0 Å². The Balaban J connectivity index is 1.29. The Hall–Kier alpha value is -3.96. The average Bonchev–Trinajstić information content (AvgIpc) is 3.68. The lowest BCUT2D eigenvalue weighted by Crippen LogP contribution is -2.39. The van der Waals surface area contributed by atoms with Crippen LogP contribution < -0.4 is 20.1 Å². The highest BCUT2D eigenvalue weighted by Gasteiger charge is 2.22. The Kier molecular flexibility index (Phi) is 9.73. The molecule has 2 atom stereocenters. The van der Waals surface area contributed by atoms with E-state index in [-0.39, 0.29) is 23.2 Å². The molecule has 12 heteroatoms. The maximum atomic E-state index is 12.7. The topological polar surface area (TPSA) is 129 Å². The zero-order chi connectivity index (χ0) is 28.6. The van der Waals surface area contributed by atoms with Crippen LogP contribution >= 0.6 is 22.9 Å². The van der Waals surface area contributed by atoms with Crippen molar-refractivity contribution in [3.05, 3.63) is 70.0 Å². The molecule has 0 aliphatic heterocycles. The SMILES string of the molecule is COC(=O)[C@H](C)NC(=O)c1cc(C(=O)N[C@@H](C)/C=C/c2cnc(Oc3ccc(OCC4CC4)cc3Cl)s2)ccn1. The van der Waals surface area contributed by atoms with E-state index in [0.717, 1.165) is 4.88 Å². The van der Waals surface area contributed by atoms with E-state index in [1.807, 2.05) is 19.1 Å². The van der Waals surface area contributed by atoms with Crippen molar-refractivity contribution in [1.82, 2.24) is 20.6 Å². The molecule has 40 heavy (non-hydrogen) atoms. The number of rotatable bonds is 12. The van der Waals surface area contributed by atoms with Crippen molar-refractivity contribution in [1.29, 1.82) is 0 Å². The zero-order valence-electron chi connectivity index (χ0n) is 22.2. The lowest BCUT2D eigenvalue weighted by atomic mass is 10.2. The molecule has 3 aromatic rings. The molecule has 4 rings (SSSR count). The molecule has 1 saturated carbocycles. The minimum absolute atomic E-state index is 0.00400. The lowest BCUT2D eigenvalue weighted by Gasteiger charge is -2.12. The number of halogens is 1. The first-order valence-corrected chi connectivity index (χ1v) is 13.8.